The molecule has 168 valence electrons. The van der Waals surface area contributed by atoms with Gasteiger partial charge in [-0.3, -0.25) is 4.79 Å². The first-order valence-electron chi connectivity index (χ1n) is 11.8. The van der Waals surface area contributed by atoms with E-state index in [4.69, 9.17) is 5.10 Å². The number of nitrogens with one attached hydrogen (secondary N) is 1. The summed E-state index contributed by atoms with van der Waals surface area (Å²) in [6.45, 7) is 5.72. The van der Waals surface area contributed by atoms with Gasteiger partial charge in [-0.2, -0.15) is 4.52 Å². The molecule has 0 unspecified atom stereocenters. The molecule has 3 aromatic rings. The summed E-state index contributed by atoms with van der Waals surface area (Å²) in [5.41, 5.74) is 1.72. The summed E-state index contributed by atoms with van der Waals surface area (Å²) in [7, 11) is 0. The number of nitrogens with zero attached hydrogens (tertiary/aromatic N) is 6. The SMILES string of the molecule is O=C(NCCN1CCCCC1)C1CCN(c2ccc3nnc(-c4ccccc4)n3n2)CC1. The molecule has 0 spiro atoms. The minimum absolute atomic E-state index is 0.0890. The first kappa shape index (κ1) is 20.9. The monoisotopic (exact) mass is 433 g/mol. The highest BCUT2D eigenvalue weighted by molar-refractivity contribution is 5.79. The van der Waals surface area contributed by atoms with Crippen LogP contribution in [0.25, 0.3) is 17.0 Å². The van der Waals surface area contributed by atoms with Crippen LogP contribution in [0.15, 0.2) is 42.5 Å². The third-order valence-electron chi connectivity index (χ3n) is 6.65. The molecule has 2 saturated heterocycles. The molecule has 0 atom stereocenters. The Balaban J connectivity index is 1.17. The lowest BCUT2D eigenvalue weighted by Gasteiger charge is -2.32. The van der Waals surface area contributed by atoms with Crippen molar-refractivity contribution < 1.29 is 4.79 Å². The second-order valence-corrected chi connectivity index (χ2v) is 8.81. The second-order valence-electron chi connectivity index (χ2n) is 8.81. The first-order valence-corrected chi connectivity index (χ1v) is 11.8. The molecular weight excluding hydrogens is 402 g/mol. The van der Waals surface area contributed by atoms with Gasteiger partial charge in [-0.05, 0) is 50.9 Å². The molecule has 1 amide bonds. The molecule has 2 aromatic heterocycles. The molecule has 4 heterocycles. The van der Waals surface area contributed by atoms with E-state index in [2.05, 4.69) is 25.3 Å². The number of fused-ring (bicyclic) bond motifs is 1. The quantitative estimate of drug-likeness (QED) is 0.644. The normalized spacial score (nSPS) is 18.2. The Morgan fingerprint density at radius 2 is 1.72 bits per heavy atom. The maximum absolute atomic E-state index is 12.6. The van der Waals surface area contributed by atoms with E-state index < -0.39 is 0 Å². The number of carbonyl (C=O) groups is 1. The summed E-state index contributed by atoms with van der Waals surface area (Å²) >= 11 is 0. The van der Waals surface area contributed by atoms with Gasteiger partial charge in [0, 0.05) is 37.7 Å². The lowest BCUT2D eigenvalue weighted by Crippen LogP contribution is -2.43. The number of carbonyl (C=O) groups excluding carboxylic acids is 1. The minimum Gasteiger partial charge on any atom is -0.355 e. The van der Waals surface area contributed by atoms with Crippen LogP contribution in [-0.2, 0) is 4.79 Å². The van der Waals surface area contributed by atoms with Crippen LogP contribution < -0.4 is 10.2 Å². The molecule has 2 aliphatic rings. The summed E-state index contributed by atoms with van der Waals surface area (Å²) in [5, 5.41) is 16.6. The van der Waals surface area contributed by atoms with Gasteiger partial charge in [0.15, 0.2) is 11.5 Å². The predicted molar refractivity (Wildman–Crippen MR) is 124 cm³/mol. The molecule has 2 aliphatic heterocycles. The van der Waals surface area contributed by atoms with Gasteiger partial charge in [0.25, 0.3) is 0 Å². The summed E-state index contributed by atoms with van der Waals surface area (Å²) in [4.78, 5) is 17.4. The lowest BCUT2D eigenvalue weighted by atomic mass is 9.96. The molecular formula is C24H31N7O. The Bertz CT molecular complexity index is 1040. The first-order chi connectivity index (χ1) is 15.8. The van der Waals surface area contributed by atoms with E-state index in [1.54, 1.807) is 0 Å². The maximum atomic E-state index is 12.6. The molecule has 8 heteroatoms. The van der Waals surface area contributed by atoms with E-state index in [9.17, 15) is 4.79 Å². The summed E-state index contributed by atoms with van der Waals surface area (Å²) in [6, 6.07) is 13.9. The van der Waals surface area contributed by atoms with E-state index in [-0.39, 0.29) is 11.8 Å². The molecule has 1 aromatic carbocycles. The number of benzene rings is 1. The van der Waals surface area contributed by atoms with Crippen molar-refractivity contribution in [1.29, 1.82) is 0 Å². The number of likely N-dealkylation sites (tertiary alicyclic amines) is 1. The van der Waals surface area contributed by atoms with Crippen molar-refractivity contribution >= 4 is 17.4 Å². The van der Waals surface area contributed by atoms with Crippen molar-refractivity contribution in [2.45, 2.75) is 32.1 Å². The van der Waals surface area contributed by atoms with Crippen molar-refractivity contribution in [3.8, 4) is 11.4 Å². The number of anilines is 1. The van der Waals surface area contributed by atoms with Crippen LogP contribution in [0.4, 0.5) is 5.82 Å². The molecule has 32 heavy (non-hydrogen) atoms. The van der Waals surface area contributed by atoms with Crippen LogP contribution in [-0.4, -0.2) is 69.9 Å². The Labute approximate surface area is 188 Å². The Morgan fingerprint density at radius 1 is 0.938 bits per heavy atom. The fourth-order valence-corrected chi connectivity index (χ4v) is 4.75. The molecule has 5 rings (SSSR count). The van der Waals surface area contributed by atoms with Crippen LogP contribution in [0.2, 0.25) is 0 Å². The van der Waals surface area contributed by atoms with Gasteiger partial charge >= 0.3 is 0 Å². The minimum atomic E-state index is 0.0890. The number of rotatable bonds is 6. The Hall–Kier alpha value is -3.00. The van der Waals surface area contributed by atoms with Crippen LogP contribution in [0.5, 0.6) is 0 Å². The van der Waals surface area contributed by atoms with Gasteiger partial charge in [0.1, 0.15) is 5.82 Å². The standard InChI is InChI=1S/C24H31N7O/c32-24(25-13-18-29-14-5-2-6-15-29)20-11-16-30(17-12-20)22-10-9-21-26-27-23(31(21)28-22)19-7-3-1-4-8-19/h1,3-4,7-10,20H,2,5-6,11-18H2,(H,25,32). The number of aromatic nitrogens is 4. The van der Waals surface area contributed by atoms with Crippen molar-refractivity contribution in [3.05, 3.63) is 42.5 Å². The number of piperidine rings is 2. The number of hydrogen-bond donors (Lipinski definition) is 1. The summed E-state index contributed by atoms with van der Waals surface area (Å²) in [6.07, 6.45) is 5.61. The Morgan fingerprint density at radius 3 is 2.50 bits per heavy atom. The predicted octanol–water partition coefficient (Wildman–Crippen LogP) is 2.61. The summed E-state index contributed by atoms with van der Waals surface area (Å²) < 4.78 is 1.81. The molecule has 8 nitrogen and oxygen atoms in total. The highest BCUT2D eigenvalue weighted by Crippen LogP contribution is 2.24. The van der Waals surface area contributed by atoms with E-state index in [0.29, 0.717) is 0 Å². The van der Waals surface area contributed by atoms with E-state index in [1.807, 2.05) is 47.0 Å². The van der Waals surface area contributed by atoms with Gasteiger partial charge in [-0.1, -0.05) is 36.8 Å². The number of amides is 1. The topological polar surface area (TPSA) is 78.7 Å². The zero-order valence-electron chi connectivity index (χ0n) is 18.5. The van der Waals surface area contributed by atoms with Crippen LogP contribution in [0.1, 0.15) is 32.1 Å². The lowest BCUT2D eigenvalue weighted by molar-refractivity contribution is -0.125. The highest BCUT2D eigenvalue weighted by Gasteiger charge is 2.26. The van der Waals surface area contributed by atoms with Crippen molar-refractivity contribution in [2.75, 3.05) is 44.2 Å². The van der Waals surface area contributed by atoms with E-state index in [1.165, 1.54) is 32.4 Å². The third kappa shape index (κ3) is 4.60. The van der Waals surface area contributed by atoms with Crippen molar-refractivity contribution in [2.24, 2.45) is 5.92 Å². The maximum Gasteiger partial charge on any atom is 0.223 e. The van der Waals surface area contributed by atoms with E-state index >= 15 is 0 Å². The Kier molecular flexibility index (Phi) is 6.29. The average molecular weight is 434 g/mol. The molecule has 2 fully saturated rings. The fourth-order valence-electron chi connectivity index (χ4n) is 4.75. The van der Waals surface area contributed by atoms with Crippen LogP contribution in [0, 0.1) is 5.92 Å². The van der Waals surface area contributed by atoms with Crippen LogP contribution >= 0.6 is 0 Å². The molecule has 0 bridgehead atoms. The van der Waals surface area contributed by atoms with Gasteiger partial charge < -0.3 is 15.1 Å². The van der Waals surface area contributed by atoms with Gasteiger partial charge in [-0.15, -0.1) is 15.3 Å². The largest absolute Gasteiger partial charge is 0.355 e. The number of hydrogen-bond acceptors (Lipinski definition) is 6. The third-order valence-corrected chi connectivity index (χ3v) is 6.65. The average Bonchev–Trinajstić information content (AvgIpc) is 3.29. The second kappa shape index (κ2) is 9.65. The van der Waals surface area contributed by atoms with Crippen molar-refractivity contribution in [3.63, 3.8) is 0 Å². The molecule has 0 aliphatic carbocycles. The zero-order chi connectivity index (χ0) is 21.8. The summed E-state index contributed by atoms with van der Waals surface area (Å²) in [5.74, 6) is 1.94. The smallest absolute Gasteiger partial charge is 0.223 e. The molecule has 1 N–H and O–H groups in total. The zero-order valence-corrected chi connectivity index (χ0v) is 18.5. The van der Waals surface area contributed by atoms with Crippen LogP contribution in [0.3, 0.4) is 0 Å². The fraction of sp³-hybridized carbons (Fsp3) is 0.500. The molecule has 0 radical (unpaired) electrons. The van der Waals surface area contributed by atoms with E-state index in [0.717, 1.165) is 61.9 Å². The van der Waals surface area contributed by atoms with Gasteiger partial charge in [0.2, 0.25) is 5.91 Å². The van der Waals surface area contributed by atoms with Crippen molar-refractivity contribution in [1.82, 2.24) is 30.0 Å². The van der Waals surface area contributed by atoms with Gasteiger partial charge in [-0.25, -0.2) is 0 Å². The molecule has 0 saturated carbocycles. The highest BCUT2D eigenvalue weighted by atomic mass is 16.1. The van der Waals surface area contributed by atoms with Gasteiger partial charge in [0.05, 0.1) is 0 Å².